The van der Waals surface area contributed by atoms with Crippen molar-refractivity contribution in [2.24, 2.45) is 0 Å². The van der Waals surface area contributed by atoms with Crippen LogP contribution in [0.2, 0.25) is 5.02 Å². The van der Waals surface area contributed by atoms with E-state index in [1.54, 1.807) is 12.1 Å². The molecule has 0 atom stereocenters. The van der Waals surface area contributed by atoms with Gasteiger partial charge in [-0.25, -0.2) is 0 Å². The Morgan fingerprint density at radius 3 is 1.67 bits per heavy atom. The molecule has 0 aliphatic heterocycles. The highest BCUT2D eigenvalue weighted by Gasteiger charge is 2.16. The molecule has 0 saturated heterocycles. The highest BCUT2D eigenvalue weighted by molar-refractivity contribution is 6.78. The smallest absolute Gasteiger partial charge is 0.358 e. The van der Waals surface area contributed by atoms with Crippen molar-refractivity contribution in [1.29, 1.82) is 0 Å². The Balaban J connectivity index is 1.85. The Morgan fingerprint density at radius 2 is 1.10 bits per heavy atom. The van der Waals surface area contributed by atoms with E-state index in [1.807, 2.05) is 54.6 Å². The summed E-state index contributed by atoms with van der Waals surface area (Å²) in [6, 6.07) is 25.4. The first-order valence-electron chi connectivity index (χ1n) is 6.83. The average Bonchev–Trinajstić information content (AvgIpc) is 2.56. The van der Waals surface area contributed by atoms with Gasteiger partial charge in [-0.1, -0.05) is 78.3 Å². The number of benzene rings is 3. The lowest BCUT2D eigenvalue weighted by Gasteiger charge is -2.09. The Kier molecular flexibility index (Phi) is 4.09. The average molecular weight is 293 g/mol. The van der Waals surface area contributed by atoms with E-state index in [-0.39, 0.29) is 0 Å². The minimum Gasteiger partial charge on any atom is -0.443 e. The van der Waals surface area contributed by atoms with Gasteiger partial charge >= 0.3 is 6.92 Å². The summed E-state index contributed by atoms with van der Waals surface area (Å²) < 4.78 is 0. The standard InChI is InChI=1S/C18H14BClO/c20-18-12-10-17(11-13-18)19(21)16-8-6-15(7-9-16)14-4-2-1-3-5-14/h1-13,21H. The van der Waals surface area contributed by atoms with E-state index in [9.17, 15) is 5.02 Å². The first-order chi connectivity index (χ1) is 10.2. The van der Waals surface area contributed by atoms with Gasteiger partial charge in [0.15, 0.2) is 0 Å². The summed E-state index contributed by atoms with van der Waals surface area (Å²) in [5, 5.41) is 11.1. The van der Waals surface area contributed by atoms with Crippen LogP contribution in [0.4, 0.5) is 0 Å². The number of rotatable bonds is 3. The summed E-state index contributed by atoms with van der Waals surface area (Å²) in [4.78, 5) is 0. The molecule has 0 bridgehead atoms. The molecule has 0 aromatic heterocycles. The molecule has 21 heavy (non-hydrogen) atoms. The Morgan fingerprint density at radius 1 is 0.619 bits per heavy atom. The molecule has 0 fully saturated rings. The summed E-state index contributed by atoms with van der Waals surface area (Å²) in [5.74, 6) is 0. The molecule has 0 aliphatic carbocycles. The normalized spacial score (nSPS) is 10.4. The first kappa shape index (κ1) is 13.9. The van der Waals surface area contributed by atoms with Gasteiger partial charge in [0.25, 0.3) is 0 Å². The van der Waals surface area contributed by atoms with Crippen LogP contribution in [-0.2, 0) is 0 Å². The lowest BCUT2D eigenvalue weighted by atomic mass is 9.56. The molecular weight excluding hydrogens is 278 g/mol. The molecule has 1 N–H and O–H groups in total. The van der Waals surface area contributed by atoms with Crippen LogP contribution in [-0.4, -0.2) is 11.9 Å². The van der Waals surface area contributed by atoms with Crippen LogP contribution < -0.4 is 10.9 Å². The predicted octanol–water partition coefficient (Wildman–Crippen LogP) is 3.11. The molecule has 3 aromatic rings. The zero-order valence-electron chi connectivity index (χ0n) is 11.4. The van der Waals surface area contributed by atoms with E-state index in [1.165, 1.54) is 5.56 Å². The third kappa shape index (κ3) is 3.18. The molecule has 102 valence electrons. The predicted molar refractivity (Wildman–Crippen MR) is 90.6 cm³/mol. The van der Waals surface area contributed by atoms with E-state index >= 15 is 0 Å². The number of hydrogen-bond donors (Lipinski definition) is 1. The quantitative estimate of drug-likeness (QED) is 0.736. The van der Waals surface area contributed by atoms with Crippen molar-refractivity contribution in [1.82, 2.24) is 0 Å². The molecule has 3 rings (SSSR count). The van der Waals surface area contributed by atoms with Gasteiger partial charge in [-0.2, -0.15) is 0 Å². The van der Waals surface area contributed by atoms with Crippen molar-refractivity contribution in [3.63, 3.8) is 0 Å². The van der Waals surface area contributed by atoms with Crippen LogP contribution in [0.3, 0.4) is 0 Å². The molecule has 0 aliphatic rings. The summed E-state index contributed by atoms with van der Waals surface area (Å²) in [5.41, 5.74) is 4.02. The van der Waals surface area contributed by atoms with Crippen LogP contribution >= 0.6 is 11.6 Å². The second kappa shape index (κ2) is 6.17. The minimum atomic E-state index is -0.632. The van der Waals surface area contributed by atoms with Gasteiger partial charge in [-0.3, -0.25) is 0 Å². The third-order valence-electron chi connectivity index (χ3n) is 3.52. The van der Waals surface area contributed by atoms with Crippen LogP contribution in [0.5, 0.6) is 0 Å². The Hall–Kier alpha value is -2.03. The first-order valence-corrected chi connectivity index (χ1v) is 7.21. The maximum Gasteiger partial charge on any atom is 0.358 e. The highest BCUT2D eigenvalue weighted by Crippen LogP contribution is 2.17. The van der Waals surface area contributed by atoms with Gasteiger partial charge < -0.3 is 5.02 Å². The van der Waals surface area contributed by atoms with Crippen LogP contribution in [0.25, 0.3) is 11.1 Å². The highest BCUT2D eigenvalue weighted by atomic mass is 35.5. The molecule has 0 radical (unpaired) electrons. The van der Waals surface area contributed by atoms with E-state index in [0.29, 0.717) is 5.02 Å². The lowest BCUT2D eigenvalue weighted by Crippen LogP contribution is -2.42. The largest absolute Gasteiger partial charge is 0.443 e. The number of hydrogen-bond acceptors (Lipinski definition) is 1. The van der Waals surface area contributed by atoms with E-state index in [2.05, 4.69) is 12.1 Å². The molecule has 0 amide bonds. The lowest BCUT2D eigenvalue weighted by molar-refractivity contribution is 0.600. The van der Waals surface area contributed by atoms with Gasteiger partial charge in [0.05, 0.1) is 0 Å². The van der Waals surface area contributed by atoms with Crippen molar-refractivity contribution in [3.05, 3.63) is 83.9 Å². The molecule has 1 nitrogen and oxygen atoms in total. The SMILES string of the molecule is OB(c1ccc(Cl)cc1)c1ccc(-c2ccccc2)cc1. The fourth-order valence-corrected chi connectivity index (χ4v) is 2.45. The maximum absolute atomic E-state index is 10.4. The summed E-state index contributed by atoms with van der Waals surface area (Å²) in [6.45, 7) is -0.632. The summed E-state index contributed by atoms with van der Waals surface area (Å²) >= 11 is 5.87. The van der Waals surface area contributed by atoms with E-state index in [0.717, 1.165) is 16.5 Å². The fourth-order valence-electron chi connectivity index (χ4n) is 2.33. The van der Waals surface area contributed by atoms with Crippen molar-refractivity contribution in [2.75, 3.05) is 0 Å². The molecular formula is C18H14BClO. The Bertz CT molecular complexity index is 708. The van der Waals surface area contributed by atoms with E-state index < -0.39 is 6.92 Å². The number of halogens is 1. The monoisotopic (exact) mass is 292 g/mol. The van der Waals surface area contributed by atoms with Gasteiger partial charge in [0, 0.05) is 5.02 Å². The van der Waals surface area contributed by atoms with Crippen LogP contribution in [0, 0.1) is 0 Å². The summed E-state index contributed by atoms with van der Waals surface area (Å²) in [6.07, 6.45) is 0. The van der Waals surface area contributed by atoms with Gasteiger partial charge in [-0.15, -0.1) is 0 Å². The van der Waals surface area contributed by atoms with Crippen molar-refractivity contribution < 1.29 is 5.02 Å². The van der Waals surface area contributed by atoms with Crippen LogP contribution in [0.15, 0.2) is 78.9 Å². The van der Waals surface area contributed by atoms with Gasteiger partial charge in [0.1, 0.15) is 0 Å². The fraction of sp³-hybridized carbons (Fsp3) is 0. The molecule has 0 spiro atoms. The maximum atomic E-state index is 10.4. The molecule has 3 aromatic carbocycles. The second-order valence-corrected chi connectivity index (χ2v) is 5.38. The summed E-state index contributed by atoms with van der Waals surface area (Å²) in [7, 11) is 0. The van der Waals surface area contributed by atoms with Crippen molar-refractivity contribution in [2.45, 2.75) is 0 Å². The molecule has 3 heteroatoms. The zero-order chi connectivity index (χ0) is 14.7. The Labute approximate surface area is 130 Å². The van der Waals surface area contributed by atoms with E-state index in [4.69, 9.17) is 11.6 Å². The minimum absolute atomic E-state index is 0.632. The van der Waals surface area contributed by atoms with Crippen molar-refractivity contribution >= 4 is 29.4 Å². The molecule has 0 saturated carbocycles. The second-order valence-electron chi connectivity index (χ2n) is 4.94. The third-order valence-corrected chi connectivity index (χ3v) is 3.77. The topological polar surface area (TPSA) is 20.2 Å². The van der Waals surface area contributed by atoms with Gasteiger partial charge in [-0.05, 0) is 34.2 Å². The van der Waals surface area contributed by atoms with Gasteiger partial charge in [0.2, 0.25) is 0 Å². The zero-order valence-corrected chi connectivity index (χ0v) is 12.2. The van der Waals surface area contributed by atoms with Crippen molar-refractivity contribution in [3.8, 4) is 11.1 Å². The molecule has 0 unspecified atom stereocenters. The van der Waals surface area contributed by atoms with Crippen LogP contribution in [0.1, 0.15) is 0 Å². The molecule has 0 heterocycles.